The number of amides is 2. The summed E-state index contributed by atoms with van der Waals surface area (Å²) in [6, 6.07) is 4.65. The van der Waals surface area contributed by atoms with Crippen molar-refractivity contribution in [2.45, 2.75) is 13.0 Å². The van der Waals surface area contributed by atoms with Gasteiger partial charge in [0.05, 0.1) is 5.02 Å². The molecular weight excluding hydrogens is 307 g/mol. The van der Waals surface area contributed by atoms with Gasteiger partial charge in [0.1, 0.15) is 5.75 Å². The molecule has 0 heterocycles. The van der Waals surface area contributed by atoms with Gasteiger partial charge in [-0.2, -0.15) is 0 Å². The average Bonchev–Trinajstić information content (AvgIpc) is 2.41. The number of likely N-dealkylation sites (N-methyl/N-ethyl adjacent to an activating group) is 1. The maximum atomic E-state index is 11.6. The topological polar surface area (TPSA) is 76.7 Å². The monoisotopic (exact) mass is 320 g/mol. The van der Waals surface area contributed by atoms with Crippen molar-refractivity contribution in [2.24, 2.45) is 0 Å². The highest BCUT2D eigenvalue weighted by Crippen LogP contribution is 2.28. The molecule has 0 aliphatic carbocycles. The van der Waals surface area contributed by atoms with E-state index in [1.165, 1.54) is 20.0 Å². The Morgan fingerprint density at radius 1 is 1.35 bits per heavy atom. The molecule has 0 fully saturated rings. The lowest BCUT2D eigenvalue weighted by atomic mass is 10.3. The number of carbonyl (C=O) groups is 2. The van der Waals surface area contributed by atoms with Crippen molar-refractivity contribution in [1.29, 1.82) is 0 Å². The fourth-order valence-electron chi connectivity index (χ4n) is 1.14. The summed E-state index contributed by atoms with van der Waals surface area (Å²) in [7, 11) is 1.46. The number of rotatable bonds is 6. The molecule has 1 aromatic rings. The lowest BCUT2D eigenvalue weighted by Crippen LogP contribution is -2.38. The van der Waals surface area contributed by atoms with Crippen LogP contribution in [0.15, 0.2) is 18.2 Å². The number of halogens is 2. The molecule has 8 heteroatoms. The van der Waals surface area contributed by atoms with Crippen molar-refractivity contribution in [3.63, 3.8) is 0 Å². The van der Waals surface area contributed by atoms with Crippen molar-refractivity contribution in [1.82, 2.24) is 10.8 Å². The molecule has 6 nitrogen and oxygen atoms in total. The average molecular weight is 321 g/mol. The lowest BCUT2D eigenvalue weighted by molar-refractivity contribution is -0.143. The fraction of sp³-hybridized carbons (Fsp3) is 0.333. The minimum atomic E-state index is -0.849. The first-order chi connectivity index (χ1) is 9.43. The van der Waals surface area contributed by atoms with E-state index in [0.717, 1.165) is 0 Å². The summed E-state index contributed by atoms with van der Waals surface area (Å²) in [6.07, 6.45) is -0.849. The van der Waals surface area contributed by atoms with Gasteiger partial charge in [0.15, 0.2) is 12.7 Å². The molecule has 1 rings (SSSR count). The van der Waals surface area contributed by atoms with Crippen LogP contribution in [0.25, 0.3) is 0 Å². The molecule has 0 saturated carbocycles. The maximum Gasteiger partial charge on any atom is 0.284 e. The molecule has 0 aliphatic rings. The van der Waals surface area contributed by atoms with Crippen LogP contribution in [0.4, 0.5) is 0 Å². The van der Waals surface area contributed by atoms with Gasteiger partial charge in [0, 0.05) is 12.1 Å². The number of nitrogens with one attached hydrogen (secondary N) is 2. The maximum absolute atomic E-state index is 11.6. The summed E-state index contributed by atoms with van der Waals surface area (Å²) < 4.78 is 5.36. The Hall–Kier alpha value is -1.50. The number of ether oxygens (including phenoxy) is 1. The Morgan fingerprint density at radius 2 is 2.05 bits per heavy atom. The third-order valence-corrected chi connectivity index (χ3v) is 2.75. The van der Waals surface area contributed by atoms with Gasteiger partial charge in [-0.05, 0) is 25.1 Å². The van der Waals surface area contributed by atoms with E-state index in [0.29, 0.717) is 15.8 Å². The van der Waals surface area contributed by atoms with E-state index in [-0.39, 0.29) is 12.5 Å². The van der Waals surface area contributed by atoms with Gasteiger partial charge in [-0.1, -0.05) is 23.2 Å². The minimum absolute atomic E-state index is 0.281. The summed E-state index contributed by atoms with van der Waals surface area (Å²) in [5, 5.41) is 3.10. The van der Waals surface area contributed by atoms with Gasteiger partial charge >= 0.3 is 0 Å². The summed E-state index contributed by atoms with van der Waals surface area (Å²) in [5.74, 6) is -0.579. The smallest absolute Gasteiger partial charge is 0.284 e. The molecule has 1 atom stereocenters. The molecule has 0 aromatic heterocycles. The van der Waals surface area contributed by atoms with Crippen LogP contribution in [0.3, 0.4) is 0 Å². The largest absolute Gasteiger partial charge is 0.479 e. The second kappa shape index (κ2) is 7.94. The van der Waals surface area contributed by atoms with E-state index in [1.54, 1.807) is 12.1 Å². The van der Waals surface area contributed by atoms with Crippen LogP contribution in [0, 0.1) is 0 Å². The van der Waals surface area contributed by atoms with Gasteiger partial charge in [0.25, 0.3) is 5.91 Å². The van der Waals surface area contributed by atoms with Gasteiger partial charge in [-0.3, -0.25) is 14.4 Å². The number of benzene rings is 1. The zero-order valence-electron chi connectivity index (χ0n) is 10.9. The van der Waals surface area contributed by atoms with Crippen molar-refractivity contribution in [3.05, 3.63) is 28.2 Å². The Kier molecular flexibility index (Phi) is 6.57. The highest BCUT2D eigenvalue weighted by Gasteiger charge is 2.16. The van der Waals surface area contributed by atoms with E-state index in [2.05, 4.69) is 10.8 Å². The van der Waals surface area contributed by atoms with E-state index in [9.17, 15) is 9.59 Å². The van der Waals surface area contributed by atoms with Crippen LogP contribution in [-0.4, -0.2) is 31.6 Å². The first kappa shape index (κ1) is 16.6. The van der Waals surface area contributed by atoms with E-state index >= 15 is 0 Å². The van der Waals surface area contributed by atoms with Crippen LogP contribution in [0.2, 0.25) is 10.0 Å². The third-order valence-electron chi connectivity index (χ3n) is 2.22. The highest BCUT2D eigenvalue weighted by atomic mass is 35.5. The number of carbonyl (C=O) groups excluding carboxylic acids is 2. The summed E-state index contributed by atoms with van der Waals surface area (Å²) >= 11 is 11.7. The SMILES string of the molecule is CNC(=O)CONC(=O)C(C)Oc1ccc(Cl)cc1Cl. The van der Waals surface area contributed by atoms with Gasteiger partial charge in [-0.25, -0.2) is 5.48 Å². The molecule has 0 aliphatic heterocycles. The standard InChI is InChI=1S/C12H14Cl2N2O4/c1-7(12(18)16-19-6-11(17)15-2)20-10-4-3-8(13)5-9(10)14/h3-5,7H,6H2,1-2H3,(H,15,17)(H,16,18). The number of hydrogen-bond acceptors (Lipinski definition) is 4. The number of hydroxylamine groups is 1. The van der Waals surface area contributed by atoms with Crippen LogP contribution < -0.4 is 15.5 Å². The van der Waals surface area contributed by atoms with Crippen molar-refractivity contribution < 1.29 is 19.2 Å². The van der Waals surface area contributed by atoms with Crippen molar-refractivity contribution in [3.8, 4) is 5.75 Å². The Balaban J connectivity index is 2.47. The van der Waals surface area contributed by atoms with E-state index in [1.807, 2.05) is 0 Å². The summed E-state index contributed by atoms with van der Waals surface area (Å²) in [4.78, 5) is 27.2. The molecule has 1 aromatic carbocycles. The summed E-state index contributed by atoms with van der Waals surface area (Å²) in [6.45, 7) is 1.24. The molecule has 0 saturated heterocycles. The van der Waals surface area contributed by atoms with Crippen LogP contribution >= 0.6 is 23.2 Å². The van der Waals surface area contributed by atoms with Crippen LogP contribution in [0.5, 0.6) is 5.75 Å². The lowest BCUT2D eigenvalue weighted by Gasteiger charge is -2.15. The zero-order valence-corrected chi connectivity index (χ0v) is 12.4. The molecular formula is C12H14Cl2N2O4. The molecule has 0 radical (unpaired) electrons. The fourth-order valence-corrected chi connectivity index (χ4v) is 1.60. The Labute approximate surface area is 126 Å². The van der Waals surface area contributed by atoms with E-state index < -0.39 is 12.0 Å². The van der Waals surface area contributed by atoms with Gasteiger partial charge < -0.3 is 10.1 Å². The first-order valence-electron chi connectivity index (χ1n) is 5.68. The molecule has 2 amide bonds. The molecule has 20 heavy (non-hydrogen) atoms. The van der Waals surface area contributed by atoms with Crippen molar-refractivity contribution >= 4 is 35.0 Å². The molecule has 1 unspecified atom stereocenters. The summed E-state index contributed by atoms with van der Waals surface area (Å²) in [5.41, 5.74) is 2.10. The normalized spacial score (nSPS) is 11.6. The van der Waals surface area contributed by atoms with Crippen molar-refractivity contribution in [2.75, 3.05) is 13.7 Å². The third kappa shape index (κ3) is 5.24. The molecule has 0 spiro atoms. The molecule has 2 N–H and O–H groups in total. The quantitative estimate of drug-likeness (QED) is 0.780. The van der Waals surface area contributed by atoms with Crippen LogP contribution in [0.1, 0.15) is 6.92 Å². The Bertz CT molecular complexity index is 496. The Morgan fingerprint density at radius 3 is 2.65 bits per heavy atom. The highest BCUT2D eigenvalue weighted by molar-refractivity contribution is 6.35. The van der Waals surface area contributed by atoms with Gasteiger partial charge in [-0.15, -0.1) is 0 Å². The second-order valence-electron chi connectivity index (χ2n) is 3.76. The molecule has 0 bridgehead atoms. The van der Waals surface area contributed by atoms with Crippen LogP contribution in [-0.2, 0) is 14.4 Å². The predicted molar refractivity (Wildman–Crippen MR) is 74.7 cm³/mol. The first-order valence-corrected chi connectivity index (χ1v) is 6.43. The van der Waals surface area contributed by atoms with Gasteiger partial charge in [0.2, 0.25) is 5.91 Å². The second-order valence-corrected chi connectivity index (χ2v) is 4.61. The zero-order chi connectivity index (χ0) is 15.1. The molecule has 110 valence electrons. The number of hydrogen-bond donors (Lipinski definition) is 2. The predicted octanol–water partition coefficient (Wildman–Crippen LogP) is 1.55. The van der Waals surface area contributed by atoms with E-state index in [4.69, 9.17) is 32.8 Å². The minimum Gasteiger partial charge on any atom is -0.479 e.